The van der Waals surface area contributed by atoms with Crippen molar-refractivity contribution in [1.29, 1.82) is 0 Å². The summed E-state index contributed by atoms with van der Waals surface area (Å²) in [5, 5.41) is 10.3. The Morgan fingerprint density at radius 1 is 0.292 bits per heavy atom. The molecule has 72 heavy (non-hydrogen) atoms. The predicted octanol–water partition coefficient (Wildman–Crippen LogP) is 20.1. The molecule has 1 aliphatic rings. The molecule has 0 heterocycles. The van der Waals surface area contributed by atoms with E-state index in [0.717, 1.165) is 77.5 Å². The van der Waals surface area contributed by atoms with Crippen molar-refractivity contribution in [3.8, 4) is 0 Å². The van der Waals surface area contributed by atoms with Crippen LogP contribution < -0.4 is 0 Å². The van der Waals surface area contributed by atoms with Gasteiger partial charge in [-0.25, -0.2) is 0 Å². The fraction of sp³-hybridized carbons (Fsp3) is 0.970. The minimum absolute atomic E-state index is 0.0885. The molecule has 428 valence electrons. The Bertz CT molecular complexity index is 995. The Morgan fingerprint density at radius 2 is 0.500 bits per heavy atom. The summed E-state index contributed by atoms with van der Waals surface area (Å²) < 4.78 is 0. The lowest BCUT2D eigenvalue weighted by Crippen LogP contribution is -2.40. The Kier molecular flexibility index (Phi) is 52.3. The van der Waals surface area contributed by atoms with Crippen molar-refractivity contribution in [1.82, 2.24) is 14.7 Å². The highest BCUT2D eigenvalue weighted by Crippen LogP contribution is 2.25. The van der Waals surface area contributed by atoms with Crippen LogP contribution in [-0.2, 0) is 9.59 Å². The van der Waals surface area contributed by atoms with Gasteiger partial charge in [0.05, 0.1) is 6.10 Å². The second-order valence-electron chi connectivity index (χ2n) is 23.6. The van der Waals surface area contributed by atoms with Crippen LogP contribution in [-0.4, -0.2) is 83.0 Å². The van der Waals surface area contributed by atoms with Gasteiger partial charge >= 0.3 is 0 Å². The molecular formula is C66H131N3O3. The van der Waals surface area contributed by atoms with E-state index < -0.39 is 0 Å². The molecule has 0 atom stereocenters. The second kappa shape index (κ2) is 54.6. The molecule has 1 rings (SSSR count). The lowest BCUT2D eigenvalue weighted by molar-refractivity contribution is -0.132. The summed E-state index contributed by atoms with van der Waals surface area (Å²) >= 11 is 0. The number of aliphatic hydroxyl groups is 1. The Labute approximate surface area is 452 Å². The van der Waals surface area contributed by atoms with Crippen molar-refractivity contribution in [3.63, 3.8) is 0 Å². The zero-order valence-electron chi connectivity index (χ0n) is 49.8. The lowest BCUT2D eigenvalue weighted by Gasteiger charge is -2.36. The maximum atomic E-state index is 13.4. The van der Waals surface area contributed by atoms with Crippen LogP contribution >= 0.6 is 0 Å². The molecular weight excluding hydrogens is 883 g/mol. The summed E-state index contributed by atoms with van der Waals surface area (Å²) in [6.07, 6.45) is 65.6. The first-order chi connectivity index (χ1) is 35.5. The number of carbonyl (C=O) groups excluding carboxylic acids is 2. The van der Waals surface area contributed by atoms with E-state index in [4.69, 9.17) is 0 Å². The first-order valence-electron chi connectivity index (χ1n) is 33.4. The minimum atomic E-state index is -0.0885. The van der Waals surface area contributed by atoms with Gasteiger partial charge in [0.2, 0.25) is 11.8 Å². The molecule has 1 fully saturated rings. The van der Waals surface area contributed by atoms with E-state index in [-0.39, 0.29) is 6.10 Å². The normalized spacial score (nSPS) is 15.0. The second-order valence-corrected chi connectivity index (χ2v) is 23.6. The molecule has 0 bridgehead atoms. The molecule has 6 nitrogen and oxygen atoms in total. The van der Waals surface area contributed by atoms with E-state index in [2.05, 4.69) is 42.4 Å². The van der Waals surface area contributed by atoms with Gasteiger partial charge in [0.25, 0.3) is 0 Å². The Morgan fingerprint density at radius 3 is 0.750 bits per heavy atom. The number of amides is 2. The Hall–Kier alpha value is -1.14. The molecule has 1 saturated carbocycles. The zero-order valence-corrected chi connectivity index (χ0v) is 49.8. The standard InChI is InChI=1S/C66H131N3O3/c1-5-9-13-17-21-29-39-47-59-68(60-48-40-30-22-18-14-10-6-2)65(71)51-43-35-27-25-33-37-45-57-67(63-53-55-64(70)56-54-63)58-46-38-34-26-28-36-44-52-66(72)69(61-49-41-31-23-19-15-11-7-3)62-50-42-32-24-20-16-12-8-4/h63-64,70H,5-62H2,1-4H3. The SMILES string of the molecule is CCCCCCCCCCN(CCCCCCCCCC)C(=O)CCCCCCCCCN(CCCCCCCCCC(=O)N(CCCCCCCCCC)CCCCCCCCCC)C1CCC(O)CC1. The van der Waals surface area contributed by atoms with Crippen LogP contribution in [0.4, 0.5) is 0 Å². The van der Waals surface area contributed by atoms with Crippen LogP contribution in [0.25, 0.3) is 0 Å². The van der Waals surface area contributed by atoms with E-state index in [1.54, 1.807) is 0 Å². The van der Waals surface area contributed by atoms with Gasteiger partial charge in [0, 0.05) is 45.1 Å². The minimum Gasteiger partial charge on any atom is -0.393 e. The molecule has 1 aliphatic carbocycles. The number of aliphatic hydroxyl groups excluding tert-OH is 1. The van der Waals surface area contributed by atoms with E-state index in [0.29, 0.717) is 17.9 Å². The smallest absolute Gasteiger partial charge is 0.222 e. The van der Waals surface area contributed by atoms with Gasteiger partial charge in [-0.1, -0.05) is 272 Å². The summed E-state index contributed by atoms with van der Waals surface area (Å²) in [6, 6.07) is 0.653. The van der Waals surface area contributed by atoms with Gasteiger partial charge in [-0.3, -0.25) is 9.59 Å². The summed E-state index contributed by atoms with van der Waals surface area (Å²) in [7, 11) is 0. The number of carbonyl (C=O) groups is 2. The fourth-order valence-electron chi connectivity index (χ4n) is 11.6. The number of hydrogen-bond acceptors (Lipinski definition) is 4. The van der Waals surface area contributed by atoms with Gasteiger partial charge in [-0.05, 0) is 90.1 Å². The van der Waals surface area contributed by atoms with Crippen molar-refractivity contribution in [3.05, 3.63) is 0 Å². The third-order valence-electron chi connectivity index (χ3n) is 16.7. The first-order valence-corrected chi connectivity index (χ1v) is 33.4. The van der Waals surface area contributed by atoms with Crippen molar-refractivity contribution in [2.45, 2.75) is 374 Å². The highest BCUT2D eigenvalue weighted by atomic mass is 16.3. The highest BCUT2D eigenvalue weighted by molar-refractivity contribution is 5.76. The van der Waals surface area contributed by atoms with Crippen LogP contribution in [0.5, 0.6) is 0 Å². The van der Waals surface area contributed by atoms with Crippen molar-refractivity contribution in [2.75, 3.05) is 39.3 Å². The van der Waals surface area contributed by atoms with Gasteiger partial charge in [-0.2, -0.15) is 0 Å². The van der Waals surface area contributed by atoms with Crippen LogP contribution in [0, 0.1) is 0 Å². The molecule has 0 aromatic heterocycles. The molecule has 0 aromatic rings. The van der Waals surface area contributed by atoms with Gasteiger partial charge < -0.3 is 19.8 Å². The molecule has 0 aromatic carbocycles. The summed E-state index contributed by atoms with van der Waals surface area (Å²) in [6.45, 7) is 15.5. The predicted molar refractivity (Wildman–Crippen MR) is 317 cm³/mol. The third kappa shape index (κ3) is 44.0. The summed E-state index contributed by atoms with van der Waals surface area (Å²) in [5.41, 5.74) is 0. The van der Waals surface area contributed by atoms with Crippen molar-refractivity contribution in [2.24, 2.45) is 0 Å². The largest absolute Gasteiger partial charge is 0.393 e. The zero-order chi connectivity index (χ0) is 52.1. The number of nitrogens with zero attached hydrogens (tertiary/aromatic N) is 3. The van der Waals surface area contributed by atoms with E-state index in [9.17, 15) is 14.7 Å². The Balaban J connectivity index is 2.35. The van der Waals surface area contributed by atoms with Gasteiger partial charge in [0.1, 0.15) is 0 Å². The lowest BCUT2D eigenvalue weighted by atomic mass is 9.91. The number of rotatable bonds is 57. The maximum Gasteiger partial charge on any atom is 0.222 e. The van der Waals surface area contributed by atoms with Crippen molar-refractivity contribution < 1.29 is 14.7 Å². The molecule has 0 unspecified atom stereocenters. The molecule has 6 heteroatoms. The maximum absolute atomic E-state index is 13.4. The van der Waals surface area contributed by atoms with Crippen LogP contribution in [0.1, 0.15) is 362 Å². The number of unbranched alkanes of at least 4 members (excludes halogenated alkanes) is 40. The van der Waals surface area contributed by atoms with Crippen LogP contribution in [0.2, 0.25) is 0 Å². The fourth-order valence-corrected chi connectivity index (χ4v) is 11.6. The molecule has 0 spiro atoms. The summed E-state index contributed by atoms with van der Waals surface area (Å²) in [5.74, 6) is 0.851. The average Bonchev–Trinajstić information content (AvgIpc) is 3.38. The molecule has 0 aliphatic heterocycles. The highest BCUT2D eigenvalue weighted by Gasteiger charge is 2.24. The average molecular weight is 1010 g/mol. The topological polar surface area (TPSA) is 64.1 Å². The van der Waals surface area contributed by atoms with Crippen molar-refractivity contribution >= 4 is 11.8 Å². The van der Waals surface area contributed by atoms with E-state index in [1.807, 2.05) is 0 Å². The molecule has 2 amide bonds. The van der Waals surface area contributed by atoms with Crippen LogP contribution in [0.3, 0.4) is 0 Å². The quantitative estimate of drug-likeness (QED) is 0.0617. The molecule has 1 N–H and O–H groups in total. The van der Waals surface area contributed by atoms with Gasteiger partial charge in [-0.15, -0.1) is 0 Å². The first kappa shape index (κ1) is 68.9. The summed E-state index contributed by atoms with van der Waals surface area (Å²) in [4.78, 5) is 34.2. The van der Waals surface area contributed by atoms with Crippen LogP contribution in [0.15, 0.2) is 0 Å². The third-order valence-corrected chi connectivity index (χ3v) is 16.7. The van der Waals surface area contributed by atoms with Gasteiger partial charge in [0.15, 0.2) is 0 Å². The van der Waals surface area contributed by atoms with E-state index >= 15 is 0 Å². The molecule has 0 saturated heterocycles. The molecule has 0 radical (unpaired) electrons. The number of hydrogen-bond donors (Lipinski definition) is 1. The monoisotopic (exact) mass is 1010 g/mol. The van der Waals surface area contributed by atoms with E-state index in [1.165, 1.54) is 296 Å².